The fraction of sp³-hybridized carbons (Fsp3) is 0.833. The van der Waals surface area contributed by atoms with Crippen molar-refractivity contribution in [2.24, 2.45) is 5.41 Å². The van der Waals surface area contributed by atoms with Crippen LogP contribution in [0.5, 0.6) is 0 Å². The van der Waals surface area contributed by atoms with Crippen molar-refractivity contribution >= 4 is 39.8 Å². The summed E-state index contributed by atoms with van der Waals surface area (Å²) in [5, 5.41) is 15.2. The molecule has 136 valence electrons. The molecule has 8 nitrogen and oxygen atoms in total. The van der Waals surface area contributed by atoms with E-state index in [2.05, 4.69) is 10.6 Å². The van der Waals surface area contributed by atoms with Crippen molar-refractivity contribution in [1.82, 2.24) is 10.6 Å². The van der Waals surface area contributed by atoms with Gasteiger partial charge in [0.25, 0.3) is 0 Å². The molecule has 0 aromatic rings. The Hall–Kier alpha value is -0.170. The number of nitrogens with one attached hydrogen (secondary N) is 2. The third kappa shape index (κ3) is 11.1. The zero-order chi connectivity index (χ0) is 18.1. The normalized spacial score (nSPS) is 15.6. The molecule has 0 heterocycles. The number of carbonyl (C=O) groups excluding carboxylic acids is 2. The van der Waals surface area contributed by atoms with E-state index in [1.54, 1.807) is 20.7 Å². The van der Waals surface area contributed by atoms with Crippen LogP contribution in [0.25, 0.3) is 0 Å². The largest absolute Gasteiger partial charge is 0.383 e. The molecular weight excluding hydrogens is 362 g/mol. The van der Waals surface area contributed by atoms with Crippen LogP contribution in [-0.2, 0) is 18.7 Å². The molecule has 0 radical (unpaired) electrons. The van der Waals surface area contributed by atoms with E-state index in [-0.39, 0.29) is 25.5 Å². The van der Waals surface area contributed by atoms with E-state index < -0.39 is 24.7 Å². The molecule has 2 amide bonds. The summed E-state index contributed by atoms with van der Waals surface area (Å²) in [5.41, 5.74) is -1.06. The third-order valence-corrected chi connectivity index (χ3v) is 4.45. The number of hydrogen-bond acceptors (Lipinski definition) is 6. The Morgan fingerprint density at radius 2 is 1.96 bits per heavy atom. The lowest BCUT2D eigenvalue weighted by Crippen LogP contribution is -2.46. The molecule has 0 rings (SSSR count). The second-order valence-corrected chi connectivity index (χ2v) is 9.94. The lowest BCUT2D eigenvalue weighted by Gasteiger charge is -2.29. The van der Waals surface area contributed by atoms with E-state index in [9.17, 15) is 19.3 Å². The van der Waals surface area contributed by atoms with Crippen molar-refractivity contribution in [1.29, 1.82) is 0 Å². The number of aliphatic hydroxyl groups is 1. The van der Waals surface area contributed by atoms with Crippen molar-refractivity contribution < 1.29 is 28.7 Å². The van der Waals surface area contributed by atoms with Crippen LogP contribution in [0.15, 0.2) is 0 Å². The summed E-state index contributed by atoms with van der Waals surface area (Å²) in [4.78, 5) is 32.4. The van der Waals surface area contributed by atoms with Crippen molar-refractivity contribution in [2.45, 2.75) is 26.4 Å². The molecule has 0 aliphatic heterocycles. The predicted octanol–water partition coefficient (Wildman–Crippen LogP) is 0.351. The van der Waals surface area contributed by atoms with Crippen LogP contribution in [0.2, 0.25) is 0 Å². The van der Waals surface area contributed by atoms with Gasteiger partial charge in [0.2, 0.25) is 11.8 Å². The lowest BCUT2D eigenvalue weighted by atomic mass is 9.87. The minimum atomic E-state index is -3.76. The van der Waals surface area contributed by atoms with Crippen LogP contribution < -0.4 is 10.6 Å². The smallest absolute Gasteiger partial charge is 0.340 e. The zero-order valence-corrected chi connectivity index (χ0v) is 16.4. The first-order valence-corrected chi connectivity index (χ1v) is 11.6. The summed E-state index contributed by atoms with van der Waals surface area (Å²) in [6.45, 7) is 3.46. The summed E-state index contributed by atoms with van der Waals surface area (Å²) in [6, 6.07) is 0. The van der Waals surface area contributed by atoms with Gasteiger partial charge < -0.3 is 25.2 Å². The quantitative estimate of drug-likeness (QED) is 0.297. The molecule has 3 atom stereocenters. The molecule has 0 saturated carbocycles. The fourth-order valence-electron chi connectivity index (χ4n) is 1.47. The highest BCUT2D eigenvalue weighted by atomic mass is 32.2. The molecule has 4 N–H and O–H groups in total. The monoisotopic (exact) mass is 388 g/mol. The lowest BCUT2D eigenvalue weighted by molar-refractivity contribution is -0.136. The summed E-state index contributed by atoms with van der Waals surface area (Å²) in [5.74, 6) is -0.0252. The number of amides is 2. The molecule has 23 heavy (non-hydrogen) atoms. The van der Waals surface area contributed by atoms with Crippen LogP contribution in [0.1, 0.15) is 20.3 Å². The minimum Gasteiger partial charge on any atom is -0.383 e. The number of rotatable bonds is 11. The van der Waals surface area contributed by atoms with Gasteiger partial charge in [-0.25, -0.2) is 0 Å². The first-order chi connectivity index (χ1) is 10.5. The average molecular weight is 388 g/mol. The second-order valence-electron chi connectivity index (χ2n) is 5.61. The number of carbonyl (C=O) groups is 2. The number of hydrogen-bond donors (Lipinski definition) is 4. The van der Waals surface area contributed by atoms with Gasteiger partial charge in [-0.2, -0.15) is 11.8 Å². The summed E-state index contributed by atoms with van der Waals surface area (Å²) >= 11 is 1.62. The van der Waals surface area contributed by atoms with Crippen molar-refractivity contribution in [3.63, 3.8) is 0 Å². The molecule has 11 heteroatoms. The predicted molar refractivity (Wildman–Crippen MR) is 94.3 cm³/mol. The van der Waals surface area contributed by atoms with Crippen LogP contribution >= 0.6 is 28.0 Å². The highest BCUT2D eigenvalue weighted by molar-refractivity contribution is 8.11. The SMILES string of the molecule is CSCCNC(=O)CCNC(=O)C(O)C(C)(C)COP(=O)(O)P. The molecule has 0 aromatic carbocycles. The topological polar surface area (TPSA) is 125 Å². The maximum Gasteiger partial charge on any atom is 0.340 e. The molecule has 0 saturated heterocycles. The number of thioether (sulfide) groups is 1. The Bertz CT molecular complexity index is 443. The first kappa shape index (κ1) is 22.8. The maximum atomic E-state index is 11.9. The van der Waals surface area contributed by atoms with Gasteiger partial charge >= 0.3 is 7.28 Å². The van der Waals surface area contributed by atoms with E-state index in [1.165, 1.54) is 13.8 Å². The molecule has 0 spiro atoms. The first-order valence-electron chi connectivity index (χ1n) is 6.97. The molecule has 0 aliphatic rings. The molecule has 0 aliphatic carbocycles. The van der Waals surface area contributed by atoms with Crippen molar-refractivity contribution in [2.75, 3.05) is 31.7 Å². The van der Waals surface area contributed by atoms with E-state index >= 15 is 0 Å². The average Bonchev–Trinajstić information content (AvgIpc) is 2.44. The second kappa shape index (κ2) is 10.6. The van der Waals surface area contributed by atoms with E-state index in [0.29, 0.717) is 6.54 Å². The van der Waals surface area contributed by atoms with Gasteiger partial charge in [-0.1, -0.05) is 13.8 Å². The summed E-state index contributed by atoms with van der Waals surface area (Å²) in [7, 11) is -2.09. The van der Waals surface area contributed by atoms with E-state index in [0.717, 1.165) is 5.75 Å². The maximum absolute atomic E-state index is 11.9. The van der Waals surface area contributed by atoms with Crippen molar-refractivity contribution in [3.05, 3.63) is 0 Å². The Balaban J connectivity index is 4.18. The third-order valence-electron chi connectivity index (χ3n) is 2.89. The number of aliphatic hydroxyl groups excluding tert-OH is 1. The molecule has 0 fully saturated rings. The Morgan fingerprint density at radius 3 is 2.48 bits per heavy atom. The van der Waals surface area contributed by atoms with Crippen molar-refractivity contribution in [3.8, 4) is 0 Å². The minimum absolute atomic E-state index is 0.0973. The van der Waals surface area contributed by atoms with E-state index in [4.69, 9.17) is 9.42 Å². The van der Waals surface area contributed by atoms with Gasteiger partial charge in [-0.3, -0.25) is 14.2 Å². The standard InChI is InChI=1S/C12H26N2O6P2S/c1-12(2,8-20-22(18,19)21)10(16)11(17)14-5-4-9(15)13-6-7-23-3/h10,16H,4-8,21H2,1-3H3,(H,13,15)(H,14,17)(H,18,19). The van der Waals surface area contributed by atoms with Crippen LogP contribution in [-0.4, -0.2) is 59.6 Å². The van der Waals surface area contributed by atoms with Gasteiger partial charge in [-0.15, -0.1) is 0 Å². The van der Waals surface area contributed by atoms with Crippen LogP contribution in [0, 0.1) is 5.41 Å². The van der Waals surface area contributed by atoms with Crippen LogP contribution in [0.3, 0.4) is 0 Å². The highest BCUT2D eigenvalue weighted by Crippen LogP contribution is 2.51. The Labute approximate surface area is 143 Å². The van der Waals surface area contributed by atoms with Gasteiger partial charge in [0.1, 0.15) is 6.10 Å². The fourth-order valence-corrected chi connectivity index (χ4v) is 2.52. The van der Waals surface area contributed by atoms with E-state index in [1.807, 2.05) is 6.26 Å². The van der Waals surface area contributed by atoms with Gasteiger partial charge in [0.05, 0.1) is 6.61 Å². The molecule has 0 aromatic heterocycles. The molecular formula is C12H26N2O6P2S. The molecule has 0 bridgehead atoms. The summed E-state index contributed by atoms with van der Waals surface area (Å²) in [6.07, 6.45) is 0.617. The van der Waals surface area contributed by atoms with Gasteiger partial charge in [0.15, 0.2) is 0 Å². The molecule has 3 unspecified atom stereocenters. The Morgan fingerprint density at radius 1 is 1.35 bits per heavy atom. The zero-order valence-electron chi connectivity index (χ0n) is 13.6. The van der Waals surface area contributed by atoms with Gasteiger partial charge in [0, 0.05) is 30.7 Å². The summed E-state index contributed by atoms with van der Waals surface area (Å²) < 4.78 is 15.8. The van der Waals surface area contributed by atoms with Crippen LogP contribution in [0.4, 0.5) is 0 Å². The van der Waals surface area contributed by atoms with Gasteiger partial charge in [-0.05, 0) is 15.2 Å². The Kier molecular flexibility index (Phi) is 10.6. The highest BCUT2D eigenvalue weighted by Gasteiger charge is 2.35.